The first-order valence-electron chi connectivity index (χ1n) is 9.53. The summed E-state index contributed by atoms with van der Waals surface area (Å²) in [7, 11) is 1.91. The summed E-state index contributed by atoms with van der Waals surface area (Å²) in [5, 5.41) is 6.60. The summed E-state index contributed by atoms with van der Waals surface area (Å²) >= 11 is 7.58. The molecule has 2 aromatic heterocycles. The minimum absolute atomic E-state index is 0.112. The number of aryl methyl sites for hydroxylation is 2. The number of carbonyl (C=O) groups is 1. The molecular weight excluding hydrogens is 416 g/mol. The van der Waals surface area contributed by atoms with Gasteiger partial charge in [-0.2, -0.15) is 0 Å². The SMILES string of the molecule is Cc1ccc(-c2nc(CC(=O)NC(c3ccc(Cl)cc3)c3nccn3C)cs2)cc1. The molecule has 0 aliphatic heterocycles. The van der Waals surface area contributed by atoms with Gasteiger partial charge in [0.15, 0.2) is 0 Å². The predicted molar refractivity (Wildman–Crippen MR) is 121 cm³/mol. The lowest BCUT2D eigenvalue weighted by Crippen LogP contribution is -2.32. The maximum absolute atomic E-state index is 12.9. The van der Waals surface area contributed by atoms with Gasteiger partial charge in [-0.15, -0.1) is 11.3 Å². The average molecular weight is 437 g/mol. The topological polar surface area (TPSA) is 59.8 Å². The average Bonchev–Trinajstić information content (AvgIpc) is 3.36. The van der Waals surface area contributed by atoms with Gasteiger partial charge in [-0.05, 0) is 24.6 Å². The van der Waals surface area contributed by atoms with Gasteiger partial charge < -0.3 is 9.88 Å². The number of aromatic nitrogens is 3. The molecule has 0 fully saturated rings. The molecule has 2 aromatic carbocycles. The van der Waals surface area contributed by atoms with Crippen molar-refractivity contribution in [2.75, 3.05) is 0 Å². The van der Waals surface area contributed by atoms with Gasteiger partial charge in [0.2, 0.25) is 5.91 Å². The molecular formula is C23H21ClN4OS. The first kappa shape index (κ1) is 20.3. The zero-order valence-corrected chi connectivity index (χ0v) is 18.2. The Morgan fingerprint density at radius 2 is 1.90 bits per heavy atom. The second-order valence-electron chi connectivity index (χ2n) is 7.14. The van der Waals surface area contributed by atoms with Crippen LogP contribution in [0.15, 0.2) is 66.3 Å². The Bertz CT molecular complexity index is 1150. The molecule has 1 amide bonds. The first-order chi connectivity index (χ1) is 14.5. The molecule has 2 heterocycles. The van der Waals surface area contributed by atoms with Gasteiger partial charge in [0.1, 0.15) is 16.9 Å². The van der Waals surface area contributed by atoms with Crippen LogP contribution in [0.25, 0.3) is 10.6 Å². The molecule has 7 heteroatoms. The number of thiazole rings is 1. The van der Waals surface area contributed by atoms with E-state index in [0.717, 1.165) is 27.7 Å². The van der Waals surface area contributed by atoms with Gasteiger partial charge >= 0.3 is 0 Å². The monoisotopic (exact) mass is 436 g/mol. The fourth-order valence-corrected chi connectivity index (χ4v) is 4.15. The molecule has 0 aliphatic carbocycles. The normalized spacial score (nSPS) is 12.0. The molecule has 1 N–H and O–H groups in total. The summed E-state index contributed by atoms with van der Waals surface area (Å²) in [6, 6.07) is 15.3. The molecule has 0 aliphatic rings. The number of hydrogen-bond acceptors (Lipinski definition) is 4. The van der Waals surface area contributed by atoms with Crippen LogP contribution in [-0.2, 0) is 18.3 Å². The van der Waals surface area contributed by atoms with E-state index in [1.165, 1.54) is 5.56 Å². The lowest BCUT2D eigenvalue weighted by atomic mass is 10.1. The van der Waals surface area contributed by atoms with Gasteiger partial charge in [-0.1, -0.05) is 53.6 Å². The number of amides is 1. The summed E-state index contributed by atoms with van der Waals surface area (Å²) in [4.78, 5) is 21.9. The third-order valence-electron chi connectivity index (χ3n) is 4.82. The fraction of sp³-hybridized carbons (Fsp3) is 0.174. The zero-order chi connectivity index (χ0) is 21.1. The van der Waals surface area contributed by atoms with Crippen LogP contribution in [0.3, 0.4) is 0 Å². The van der Waals surface area contributed by atoms with Crippen LogP contribution < -0.4 is 5.32 Å². The lowest BCUT2D eigenvalue weighted by molar-refractivity contribution is -0.121. The van der Waals surface area contributed by atoms with Gasteiger partial charge in [0, 0.05) is 35.4 Å². The van der Waals surface area contributed by atoms with E-state index in [9.17, 15) is 4.79 Å². The molecule has 0 saturated heterocycles. The molecule has 0 bridgehead atoms. The third kappa shape index (κ3) is 4.61. The van der Waals surface area contributed by atoms with Crippen molar-refractivity contribution in [2.45, 2.75) is 19.4 Å². The van der Waals surface area contributed by atoms with E-state index in [4.69, 9.17) is 11.6 Å². The van der Waals surface area contributed by atoms with Crippen molar-refractivity contribution in [3.8, 4) is 10.6 Å². The Kier molecular flexibility index (Phi) is 5.97. The molecule has 30 heavy (non-hydrogen) atoms. The molecule has 0 saturated carbocycles. The highest BCUT2D eigenvalue weighted by Gasteiger charge is 2.21. The molecule has 0 radical (unpaired) electrons. The van der Waals surface area contributed by atoms with Crippen molar-refractivity contribution in [1.82, 2.24) is 19.9 Å². The number of nitrogens with one attached hydrogen (secondary N) is 1. The van der Waals surface area contributed by atoms with Crippen LogP contribution in [0.5, 0.6) is 0 Å². The number of carbonyl (C=O) groups excluding carboxylic acids is 1. The maximum Gasteiger partial charge on any atom is 0.226 e. The second kappa shape index (κ2) is 8.81. The molecule has 0 spiro atoms. The van der Waals surface area contributed by atoms with Crippen LogP contribution in [0.4, 0.5) is 0 Å². The van der Waals surface area contributed by atoms with Crippen LogP contribution in [0.1, 0.15) is 28.7 Å². The number of halogens is 1. The van der Waals surface area contributed by atoms with Gasteiger partial charge in [0.05, 0.1) is 12.1 Å². The number of hydrogen-bond donors (Lipinski definition) is 1. The van der Waals surface area contributed by atoms with E-state index < -0.39 is 0 Å². The number of rotatable bonds is 6. The van der Waals surface area contributed by atoms with Crippen molar-refractivity contribution in [1.29, 1.82) is 0 Å². The largest absolute Gasteiger partial charge is 0.342 e. The Labute approximate surface area is 184 Å². The maximum atomic E-state index is 12.9. The summed E-state index contributed by atoms with van der Waals surface area (Å²) < 4.78 is 1.90. The smallest absolute Gasteiger partial charge is 0.226 e. The Hall–Kier alpha value is -2.96. The highest BCUT2D eigenvalue weighted by molar-refractivity contribution is 7.13. The van der Waals surface area contributed by atoms with Crippen molar-refractivity contribution in [2.24, 2.45) is 7.05 Å². The lowest BCUT2D eigenvalue weighted by Gasteiger charge is -2.19. The van der Waals surface area contributed by atoms with Gasteiger partial charge in [-0.3, -0.25) is 4.79 Å². The van der Waals surface area contributed by atoms with E-state index in [0.29, 0.717) is 5.02 Å². The predicted octanol–water partition coefficient (Wildman–Crippen LogP) is 4.95. The van der Waals surface area contributed by atoms with E-state index in [1.54, 1.807) is 17.5 Å². The van der Waals surface area contributed by atoms with Crippen molar-refractivity contribution in [3.63, 3.8) is 0 Å². The van der Waals surface area contributed by atoms with Crippen LogP contribution in [0.2, 0.25) is 5.02 Å². The number of nitrogens with zero attached hydrogens (tertiary/aromatic N) is 3. The first-order valence-corrected chi connectivity index (χ1v) is 10.8. The van der Waals surface area contributed by atoms with E-state index in [-0.39, 0.29) is 18.4 Å². The van der Waals surface area contributed by atoms with E-state index in [2.05, 4.69) is 46.5 Å². The molecule has 152 valence electrons. The van der Waals surface area contributed by atoms with E-state index in [1.807, 2.05) is 47.5 Å². The molecule has 1 unspecified atom stereocenters. The van der Waals surface area contributed by atoms with Gasteiger partial charge in [0.25, 0.3) is 0 Å². The summed E-state index contributed by atoms with van der Waals surface area (Å²) in [5.41, 5.74) is 3.94. The standard InChI is InChI=1S/C23H21ClN4OS/c1-15-3-5-17(6-4-15)23-26-19(14-30-23)13-20(29)27-21(22-25-11-12-28(22)2)16-7-9-18(24)10-8-16/h3-12,14,21H,13H2,1-2H3,(H,27,29). The third-order valence-corrected chi connectivity index (χ3v) is 6.01. The van der Waals surface area contributed by atoms with Crippen molar-refractivity contribution < 1.29 is 4.79 Å². The van der Waals surface area contributed by atoms with Crippen molar-refractivity contribution in [3.05, 3.63) is 94.0 Å². The van der Waals surface area contributed by atoms with Crippen LogP contribution >= 0.6 is 22.9 Å². The van der Waals surface area contributed by atoms with Crippen LogP contribution in [-0.4, -0.2) is 20.4 Å². The minimum Gasteiger partial charge on any atom is -0.342 e. The van der Waals surface area contributed by atoms with Crippen molar-refractivity contribution >= 4 is 28.8 Å². The van der Waals surface area contributed by atoms with Gasteiger partial charge in [-0.25, -0.2) is 9.97 Å². The van der Waals surface area contributed by atoms with E-state index >= 15 is 0 Å². The number of imidazole rings is 1. The summed E-state index contributed by atoms with van der Waals surface area (Å²) in [6.45, 7) is 2.06. The Balaban J connectivity index is 1.51. The number of benzene rings is 2. The zero-order valence-electron chi connectivity index (χ0n) is 16.7. The molecule has 5 nitrogen and oxygen atoms in total. The Morgan fingerprint density at radius 3 is 2.57 bits per heavy atom. The Morgan fingerprint density at radius 1 is 1.17 bits per heavy atom. The second-order valence-corrected chi connectivity index (χ2v) is 8.43. The fourth-order valence-electron chi connectivity index (χ4n) is 3.20. The summed E-state index contributed by atoms with van der Waals surface area (Å²) in [6.07, 6.45) is 3.79. The molecule has 4 rings (SSSR count). The highest BCUT2D eigenvalue weighted by atomic mass is 35.5. The minimum atomic E-state index is -0.370. The molecule has 4 aromatic rings. The highest BCUT2D eigenvalue weighted by Crippen LogP contribution is 2.25. The summed E-state index contributed by atoms with van der Waals surface area (Å²) in [5.74, 6) is 0.642. The van der Waals surface area contributed by atoms with Crippen LogP contribution in [0, 0.1) is 6.92 Å². The molecule has 1 atom stereocenters. The quantitative estimate of drug-likeness (QED) is 0.465.